The Morgan fingerprint density at radius 3 is 2.10 bits per heavy atom. The van der Waals surface area contributed by atoms with Gasteiger partial charge in [0, 0.05) is 6.54 Å². The topological polar surface area (TPSA) is 66.8 Å². The molecule has 21 heavy (non-hydrogen) atoms. The Balaban J connectivity index is 3.24. The van der Waals surface area contributed by atoms with Crippen LogP contribution in [0.2, 0.25) is 0 Å². The average Bonchev–Trinajstić information content (AvgIpc) is 2.29. The van der Waals surface area contributed by atoms with Gasteiger partial charge in [-0.25, -0.2) is 9.59 Å². The molecule has 0 bridgehead atoms. The largest absolute Gasteiger partial charge is 0.479 e. The highest BCUT2D eigenvalue weighted by molar-refractivity contribution is 5.85. The molecule has 1 fully saturated rings. The summed E-state index contributed by atoms with van der Waals surface area (Å²) >= 11 is 0. The van der Waals surface area contributed by atoms with Crippen molar-refractivity contribution in [3.05, 3.63) is 0 Å². The molecule has 0 radical (unpaired) electrons. The number of nitrogens with zero attached hydrogens (tertiary/aromatic N) is 1. The Morgan fingerprint density at radius 1 is 1.19 bits per heavy atom. The number of hydrogen-bond acceptors (Lipinski definition) is 3. The van der Waals surface area contributed by atoms with E-state index in [4.69, 9.17) is 4.74 Å². The van der Waals surface area contributed by atoms with Crippen LogP contribution in [0.5, 0.6) is 0 Å². The summed E-state index contributed by atoms with van der Waals surface area (Å²) in [6.45, 7) is 11.4. The van der Waals surface area contributed by atoms with Gasteiger partial charge in [-0.3, -0.25) is 4.90 Å². The fraction of sp³-hybridized carbons (Fsp3) is 0.875. The van der Waals surface area contributed by atoms with Crippen LogP contribution < -0.4 is 0 Å². The van der Waals surface area contributed by atoms with Crippen molar-refractivity contribution in [2.45, 2.75) is 78.4 Å². The first kappa shape index (κ1) is 17.8. The summed E-state index contributed by atoms with van der Waals surface area (Å²) in [5.74, 6) is -0.931. The molecule has 1 unspecified atom stereocenters. The van der Waals surface area contributed by atoms with Gasteiger partial charge in [-0.15, -0.1) is 0 Å². The third-order valence-corrected chi connectivity index (χ3v) is 4.45. The number of aliphatic carboxylic acids is 1. The third-order valence-electron chi connectivity index (χ3n) is 4.45. The molecule has 1 aliphatic carbocycles. The number of carboxylic acids is 1. The van der Waals surface area contributed by atoms with Crippen LogP contribution in [-0.4, -0.2) is 39.8 Å². The highest BCUT2D eigenvalue weighted by Gasteiger charge is 2.58. The third kappa shape index (κ3) is 3.33. The van der Waals surface area contributed by atoms with Gasteiger partial charge in [0.25, 0.3) is 0 Å². The number of carbonyl (C=O) groups is 2. The highest BCUT2D eigenvalue weighted by Crippen LogP contribution is 2.48. The van der Waals surface area contributed by atoms with Crippen molar-refractivity contribution in [3.8, 4) is 0 Å². The van der Waals surface area contributed by atoms with Crippen molar-refractivity contribution in [3.63, 3.8) is 0 Å². The molecule has 0 aromatic rings. The molecule has 0 spiro atoms. The maximum absolute atomic E-state index is 12.5. The van der Waals surface area contributed by atoms with Crippen molar-refractivity contribution in [2.75, 3.05) is 6.54 Å². The Bertz CT molecular complexity index is 411. The van der Waals surface area contributed by atoms with Gasteiger partial charge in [-0.05, 0) is 46.0 Å². The van der Waals surface area contributed by atoms with Crippen LogP contribution in [0.25, 0.3) is 0 Å². The van der Waals surface area contributed by atoms with E-state index in [1.54, 1.807) is 27.7 Å². The van der Waals surface area contributed by atoms with Gasteiger partial charge in [-0.1, -0.05) is 26.7 Å². The molecular formula is C16H29NO4. The molecule has 1 aliphatic rings. The predicted molar refractivity (Wildman–Crippen MR) is 81.2 cm³/mol. The molecule has 0 aromatic carbocycles. The van der Waals surface area contributed by atoms with Crippen LogP contribution in [0.1, 0.15) is 67.2 Å². The van der Waals surface area contributed by atoms with Crippen molar-refractivity contribution in [1.29, 1.82) is 0 Å². The van der Waals surface area contributed by atoms with Crippen LogP contribution in [0.15, 0.2) is 0 Å². The Hall–Kier alpha value is -1.26. The van der Waals surface area contributed by atoms with E-state index in [2.05, 4.69) is 0 Å². The Labute approximate surface area is 127 Å². The number of carboxylic acid groups (broad SMARTS) is 1. The average molecular weight is 299 g/mol. The van der Waals surface area contributed by atoms with E-state index < -0.39 is 28.6 Å². The minimum Gasteiger partial charge on any atom is -0.479 e. The molecule has 1 saturated carbocycles. The molecule has 122 valence electrons. The van der Waals surface area contributed by atoms with Gasteiger partial charge >= 0.3 is 12.1 Å². The van der Waals surface area contributed by atoms with Gasteiger partial charge in [-0.2, -0.15) is 0 Å². The summed E-state index contributed by atoms with van der Waals surface area (Å²) in [4.78, 5) is 26.1. The molecule has 1 amide bonds. The quantitative estimate of drug-likeness (QED) is 0.863. The summed E-state index contributed by atoms with van der Waals surface area (Å²) in [6, 6.07) is 0. The maximum Gasteiger partial charge on any atom is 0.411 e. The first-order valence-corrected chi connectivity index (χ1v) is 7.72. The minimum atomic E-state index is -1.19. The minimum absolute atomic E-state index is 0.324. The van der Waals surface area contributed by atoms with Gasteiger partial charge in [0.1, 0.15) is 11.1 Å². The number of amides is 1. The number of rotatable bonds is 3. The van der Waals surface area contributed by atoms with Gasteiger partial charge in [0.05, 0.1) is 0 Å². The number of ether oxygens (including phenoxy) is 1. The number of carbonyl (C=O) groups excluding carboxylic acids is 1. The standard InChI is InChI=1S/C16H29NO4/c1-7-17(13(20)21-14(2,3)4)16(12(18)19)11-9-8-10-15(16,5)6/h7-11H2,1-6H3,(H,18,19). The van der Waals surface area contributed by atoms with Crippen molar-refractivity contribution in [2.24, 2.45) is 5.41 Å². The SMILES string of the molecule is CCN(C(=O)OC(C)(C)C)C1(C(=O)O)CCCCC1(C)C. The second-order valence-corrected chi connectivity index (χ2v) is 7.48. The lowest BCUT2D eigenvalue weighted by atomic mass is 9.62. The Kier molecular flexibility index (Phi) is 4.96. The first-order chi connectivity index (χ1) is 9.48. The summed E-state index contributed by atoms with van der Waals surface area (Å²) in [5, 5.41) is 9.92. The van der Waals surface area contributed by atoms with Gasteiger partial charge in [0.2, 0.25) is 0 Å². The number of hydrogen-bond donors (Lipinski definition) is 1. The maximum atomic E-state index is 12.5. The molecule has 1 N–H and O–H groups in total. The number of likely N-dealkylation sites (N-methyl/N-ethyl adjacent to an activating group) is 1. The fourth-order valence-electron chi connectivity index (χ4n) is 3.38. The molecular weight excluding hydrogens is 270 g/mol. The highest BCUT2D eigenvalue weighted by atomic mass is 16.6. The van der Waals surface area contributed by atoms with Gasteiger partial charge < -0.3 is 9.84 Å². The lowest BCUT2D eigenvalue weighted by Crippen LogP contribution is -2.66. The molecule has 0 aromatic heterocycles. The van der Waals surface area contributed by atoms with Crippen molar-refractivity contribution in [1.82, 2.24) is 4.90 Å². The fourth-order valence-corrected chi connectivity index (χ4v) is 3.38. The van der Waals surface area contributed by atoms with E-state index in [0.717, 1.165) is 19.3 Å². The first-order valence-electron chi connectivity index (χ1n) is 7.72. The molecule has 5 heteroatoms. The second-order valence-electron chi connectivity index (χ2n) is 7.48. The summed E-state index contributed by atoms with van der Waals surface area (Å²) in [5.41, 5.74) is -2.31. The molecule has 0 aliphatic heterocycles. The molecule has 5 nitrogen and oxygen atoms in total. The molecule has 0 saturated heterocycles. The van der Waals surface area contributed by atoms with Crippen molar-refractivity contribution >= 4 is 12.1 Å². The van der Waals surface area contributed by atoms with Crippen LogP contribution in [0.4, 0.5) is 4.79 Å². The second kappa shape index (κ2) is 5.85. The summed E-state index contributed by atoms with van der Waals surface area (Å²) < 4.78 is 5.44. The monoisotopic (exact) mass is 299 g/mol. The zero-order valence-electron chi connectivity index (χ0n) is 14.2. The lowest BCUT2D eigenvalue weighted by molar-refractivity contribution is -0.164. The van der Waals surface area contributed by atoms with Crippen molar-refractivity contribution < 1.29 is 19.4 Å². The zero-order valence-corrected chi connectivity index (χ0v) is 14.2. The van der Waals surface area contributed by atoms with Gasteiger partial charge in [0.15, 0.2) is 0 Å². The van der Waals surface area contributed by atoms with E-state index in [9.17, 15) is 14.7 Å². The van der Waals surface area contributed by atoms with E-state index >= 15 is 0 Å². The smallest absolute Gasteiger partial charge is 0.411 e. The molecule has 1 rings (SSSR count). The predicted octanol–water partition coefficient (Wildman–Crippen LogP) is 3.67. The zero-order chi connectivity index (χ0) is 16.5. The Morgan fingerprint density at radius 2 is 1.71 bits per heavy atom. The summed E-state index contributed by atoms with van der Waals surface area (Å²) in [7, 11) is 0. The summed E-state index contributed by atoms with van der Waals surface area (Å²) in [6.07, 6.45) is 2.53. The van der Waals surface area contributed by atoms with E-state index in [1.165, 1.54) is 4.90 Å². The van der Waals surface area contributed by atoms with Crippen LogP contribution >= 0.6 is 0 Å². The molecule has 0 heterocycles. The molecule has 1 atom stereocenters. The normalized spacial score (nSPS) is 25.2. The van der Waals surface area contributed by atoms with E-state index in [1.807, 2.05) is 13.8 Å². The lowest BCUT2D eigenvalue weighted by Gasteiger charge is -2.52. The van der Waals surface area contributed by atoms with E-state index in [0.29, 0.717) is 13.0 Å². The van der Waals surface area contributed by atoms with E-state index in [-0.39, 0.29) is 0 Å². The van der Waals surface area contributed by atoms with Crippen LogP contribution in [-0.2, 0) is 9.53 Å². The van der Waals surface area contributed by atoms with Crippen LogP contribution in [0.3, 0.4) is 0 Å². The van der Waals surface area contributed by atoms with Crippen LogP contribution in [0, 0.1) is 5.41 Å².